The number of Topliss-reactive ketones (excluding diaryl/α,β-unsaturated/α-hetero) is 1. The Bertz CT molecular complexity index is 650. The molecule has 0 spiro atoms. The molecule has 1 N–H and O–H groups in total. The molecular weight excluding hydrogens is 280 g/mol. The highest BCUT2D eigenvalue weighted by Crippen LogP contribution is 2.18. The molecule has 0 amide bonds. The van der Waals surface area contributed by atoms with Crippen LogP contribution in [0.25, 0.3) is 0 Å². The Kier molecular flexibility index (Phi) is 4.31. The fraction of sp³-hybridized carbons (Fsp3) is 0.438. The van der Waals surface area contributed by atoms with Crippen molar-refractivity contribution in [2.45, 2.75) is 19.4 Å². The summed E-state index contributed by atoms with van der Waals surface area (Å²) in [6.07, 6.45) is 0.578. The van der Waals surface area contributed by atoms with E-state index < -0.39 is 0 Å². The van der Waals surface area contributed by atoms with E-state index in [1.54, 1.807) is 6.92 Å². The minimum absolute atomic E-state index is 0.0689. The first-order valence-electron chi connectivity index (χ1n) is 7.47. The van der Waals surface area contributed by atoms with Crippen molar-refractivity contribution in [3.8, 4) is 0 Å². The van der Waals surface area contributed by atoms with Crippen LogP contribution in [0.4, 0.5) is 0 Å². The van der Waals surface area contributed by atoms with Crippen LogP contribution in [0.2, 0.25) is 0 Å². The molecule has 2 heterocycles. The molecule has 1 atom stereocenters. The van der Waals surface area contributed by atoms with Crippen molar-refractivity contribution >= 4 is 5.78 Å². The van der Waals surface area contributed by atoms with Crippen molar-refractivity contribution in [1.82, 2.24) is 20.4 Å². The molecule has 1 unspecified atom stereocenters. The van der Waals surface area contributed by atoms with Crippen LogP contribution in [-0.4, -0.2) is 47.5 Å². The molecule has 116 valence electrons. The fourth-order valence-electron chi connectivity index (χ4n) is 2.60. The number of rotatable bonds is 4. The van der Waals surface area contributed by atoms with Gasteiger partial charge in [0.1, 0.15) is 0 Å². The molecule has 1 fully saturated rings. The number of piperazine rings is 1. The van der Waals surface area contributed by atoms with Crippen LogP contribution in [0.3, 0.4) is 0 Å². The number of carbonyl (C=O) groups is 1. The second-order valence-corrected chi connectivity index (χ2v) is 5.68. The van der Waals surface area contributed by atoms with E-state index in [1.165, 1.54) is 0 Å². The zero-order valence-electron chi connectivity index (χ0n) is 12.9. The van der Waals surface area contributed by atoms with Crippen LogP contribution >= 0.6 is 0 Å². The minimum Gasteiger partial charge on any atom is -0.339 e. The summed E-state index contributed by atoms with van der Waals surface area (Å²) in [4.78, 5) is 18.0. The van der Waals surface area contributed by atoms with Crippen LogP contribution in [0.15, 0.2) is 28.8 Å². The quantitative estimate of drug-likeness (QED) is 0.862. The van der Waals surface area contributed by atoms with Gasteiger partial charge in [0.15, 0.2) is 11.6 Å². The molecule has 6 nitrogen and oxygen atoms in total. The summed E-state index contributed by atoms with van der Waals surface area (Å²) in [6, 6.07) is 7.66. The third-order valence-corrected chi connectivity index (χ3v) is 4.01. The summed E-state index contributed by atoms with van der Waals surface area (Å²) in [6.45, 7) is 4.36. The van der Waals surface area contributed by atoms with Gasteiger partial charge < -0.3 is 9.84 Å². The number of hydrogen-bond donors (Lipinski definition) is 1. The van der Waals surface area contributed by atoms with Crippen molar-refractivity contribution in [2.75, 3.05) is 26.7 Å². The lowest BCUT2D eigenvalue weighted by Crippen LogP contribution is -2.44. The van der Waals surface area contributed by atoms with Crippen molar-refractivity contribution in [3.63, 3.8) is 0 Å². The summed E-state index contributed by atoms with van der Waals surface area (Å²) in [7, 11) is 2.07. The van der Waals surface area contributed by atoms with Gasteiger partial charge in [-0.3, -0.25) is 9.69 Å². The fourth-order valence-corrected chi connectivity index (χ4v) is 2.60. The molecule has 3 rings (SSSR count). The van der Waals surface area contributed by atoms with E-state index in [0.717, 1.165) is 31.0 Å². The smallest absolute Gasteiger partial charge is 0.231 e. The molecule has 22 heavy (non-hydrogen) atoms. The first kappa shape index (κ1) is 14.9. The number of aromatic nitrogens is 2. The van der Waals surface area contributed by atoms with Gasteiger partial charge in [-0.05, 0) is 19.5 Å². The average Bonchev–Trinajstić information content (AvgIpc) is 2.96. The zero-order chi connectivity index (χ0) is 15.5. The van der Waals surface area contributed by atoms with Crippen molar-refractivity contribution in [2.24, 2.45) is 0 Å². The second kappa shape index (κ2) is 6.37. The van der Waals surface area contributed by atoms with E-state index in [4.69, 9.17) is 4.52 Å². The normalized spacial score (nSPS) is 19.3. The number of hydrogen-bond acceptors (Lipinski definition) is 6. The number of carbonyl (C=O) groups excluding carboxylic acids is 1. The lowest BCUT2D eigenvalue weighted by Gasteiger charge is -2.30. The Morgan fingerprint density at radius 3 is 2.86 bits per heavy atom. The van der Waals surface area contributed by atoms with Crippen molar-refractivity contribution in [3.05, 3.63) is 47.1 Å². The van der Waals surface area contributed by atoms with Crippen molar-refractivity contribution < 1.29 is 9.32 Å². The highest BCUT2D eigenvalue weighted by molar-refractivity contribution is 5.94. The largest absolute Gasteiger partial charge is 0.339 e. The number of benzene rings is 1. The molecule has 2 aromatic rings. The first-order valence-corrected chi connectivity index (χ1v) is 7.47. The van der Waals surface area contributed by atoms with E-state index in [1.807, 2.05) is 24.3 Å². The highest BCUT2D eigenvalue weighted by atomic mass is 16.5. The zero-order valence-corrected chi connectivity index (χ0v) is 12.9. The third-order valence-electron chi connectivity index (χ3n) is 4.01. The molecule has 1 aliphatic heterocycles. The Morgan fingerprint density at radius 1 is 1.41 bits per heavy atom. The van der Waals surface area contributed by atoms with E-state index in [2.05, 4.69) is 27.4 Å². The maximum Gasteiger partial charge on any atom is 0.231 e. The summed E-state index contributed by atoms with van der Waals surface area (Å²) < 4.78 is 5.37. The standard InChI is InChI=1S/C16H20N4O2/c1-11(21)13-5-3-12(4-6-13)9-15-18-16(19-22-15)14-10-17-7-8-20(14)2/h3-6,14,17H,7-10H2,1-2H3. The van der Waals surface area contributed by atoms with Crippen LogP contribution in [0.1, 0.15) is 40.6 Å². The summed E-state index contributed by atoms with van der Waals surface area (Å²) in [5.41, 5.74) is 1.76. The number of nitrogens with one attached hydrogen (secondary N) is 1. The van der Waals surface area contributed by atoms with Crippen LogP contribution in [-0.2, 0) is 6.42 Å². The molecule has 1 aromatic carbocycles. The maximum absolute atomic E-state index is 11.3. The molecule has 0 saturated carbocycles. The Balaban J connectivity index is 1.69. The van der Waals surface area contributed by atoms with Gasteiger partial charge in [-0.25, -0.2) is 0 Å². The van der Waals surface area contributed by atoms with E-state index >= 15 is 0 Å². The monoisotopic (exact) mass is 300 g/mol. The van der Waals surface area contributed by atoms with E-state index in [0.29, 0.717) is 17.9 Å². The minimum atomic E-state index is 0.0689. The number of likely N-dealkylation sites (N-methyl/N-ethyl adjacent to an activating group) is 1. The summed E-state index contributed by atoms with van der Waals surface area (Å²) >= 11 is 0. The molecule has 0 radical (unpaired) electrons. The lowest BCUT2D eigenvalue weighted by atomic mass is 10.1. The molecule has 0 aliphatic carbocycles. The number of nitrogens with zero attached hydrogens (tertiary/aromatic N) is 3. The SMILES string of the molecule is CC(=O)c1ccc(Cc2nc(C3CNCCN3C)no2)cc1. The van der Waals surface area contributed by atoms with E-state index in [-0.39, 0.29) is 11.8 Å². The van der Waals surface area contributed by atoms with Crippen molar-refractivity contribution in [1.29, 1.82) is 0 Å². The molecular formula is C16H20N4O2. The third kappa shape index (κ3) is 3.23. The maximum atomic E-state index is 11.3. The van der Waals surface area contributed by atoms with Gasteiger partial charge in [0.25, 0.3) is 0 Å². The molecule has 1 saturated heterocycles. The highest BCUT2D eigenvalue weighted by Gasteiger charge is 2.25. The van der Waals surface area contributed by atoms with Gasteiger partial charge >= 0.3 is 0 Å². The van der Waals surface area contributed by atoms with Gasteiger partial charge in [-0.1, -0.05) is 29.4 Å². The Hall–Kier alpha value is -2.05. The summed E-state index contributed by atoms with van der Waals surface area (Å²) in [5, 5.41) is 7.45. The molecule has 6 heteroatoms. The van der Waals surface area contributed by atoms with Crippen LogP contribution in [0, 0.1) is 0 Å². The Labute approximate surface area is 129 Å². The molecule has 1 aliphatic rings. The topological polar surface area (TPSA) is 71.3 Å². The second-order valence-electron chi connectivity index (χ2n) is 5.68. The Morgan fingerprint density at radius 2 is 2.18 bits per heavy atom. The molecule has 0 bridgehead atoms. The predicted octanol–water partition coefficient (Wildman–Crippen LogP) is 1.44. The predicted molar refractivity (Wildman–Crippen MR) is 81.8 cm³/mol. The average molecular weight is 300 g/mol. The van der Waals surface area contributed by atoms with Gasteiger partial charge in [0, 0.05) is 25.2 Å². The van der Waals surface area contributed by atoms with Gasteiger partial charge in [0.05, 0.1) is 12.5 Å². The van der Waals surface area contributed by atoms with Gasteiger partial charge in [-0.2, -0.15) is 4.98 Å². The molecule has 1 aromatic heterocycles. The van der Waals surface area contributed by atoms with Crippen LogP contribution in [0.5, 0.6) is 0 Å². The van der Waals surface area contributed by atoms with E-state index in [9.17, 15) is 4.79 Å². The van der Waals surface area contributed by atoms with Gasteiger partial charge in [-0.15, -0.1) is 0 Å². The van der Waals surface area contributed by atoms with Gasteiger partial charge in [0.2, 0.25) is 5.89 Å². The lowest BCUT2D eigenvalue weighted by molar-refractivity contribution is 0.101. The van der Waals surface area contributed by atoms with Crippen LogP contribution < -0.4 is 5.32 Å². The first-order chi connectivity index (χ1) is 10.6. The summed E-state index contributed by atoms with van der Waals surface area (Å²) in [5.74, 6) is 1.40. The number of ketones is 1.